The molecule has 1 N–H and O–H groups in total. The number of unbranched alkanes of at least 4 members (excludes halogenated alkanes) is 15. The molecule has 0 atom stereocenters. The van der Waals surface area contributed by atoms with Crippen LogP contribution in [0.25, 0.3) is 0 Å². The molecule has 0 saturated heterocycles. The molecule has 0 radical (unpaired) electrons. The van der Waals surface area contributed by atoms with Crippen molar-refractivity contribution in [3.05, 3.63) is 0 Å². The van der Waals surface area contributed by atoms with Crippen molar-refractivity contribution in [1.82, 2.24) is 0 Å². The van der Waals surface area contributed by atoms with Gasteiger partial charge in [-0.2, -0.15) is 0 Å². The molecule has 4 nitrogen and oxygen atoms in total. The van der Waals surface area contributed by atoms with Crippen molar-refractivity contribution in [1.29, 1.82) is 0 Å². The van der Waals surface area contributed by atoms with Gasteiger partial charge in [-0.3, -0.25) is 9.59 Å². The quantitative estimate of drug-likeness (QED) is 0.164. The van der Waals surface area contributed by atoms with Gasteiger partial charge in [0.2, 0.25) is 0 Å². The van der Waals surface area contributed by atoms with E-state index in [1.165, 1.54) is 89.9 Å². The van der Waals surface area contributed by atoms with E-state index < -0.39 is 11.9 Å². The monoisotopic (exact) mass is 418 g/mol. The number of carboxylic acids is 1. The third-order valence-electron chi connectivity index (χ3n) is 4.80. The summed E-state index contributed by atoms with van der Waals surface area (Å²) in [5.41, 5.74) is 0. The average molecular weight is 419 g/mol. The molecule has 0 saturated carbocycles. The minimum absolute atomic E-state index is 0. The Morgan fingerprint density at radius 2 is 0.964 bits per heavy atom. The molecule has 0 fully saturated rings. The fourth-order valence-corrected chi connectivity index (χ4v) is 3.12. The molecule has 0 unspecified atom stereocenters. The number of carboxylic acid groups (broad SMARTS) is 1. The van der Waals surface area contributed by atoms with Gasteiger partial charge in [0, 0.05) is 0 Å². The molecular weight excluding hydrogens is 374 g/mol. The van der Waals surface area contributed by atoms with Crippen LogP contribution in [0.3, 0.4) is 0 Å². The second-order valence-electron chi connectivity index (χ2n) is 7.42. The SMILES string of the molecule is CCCCCCCCCCCCCCCCCCOC(=O)CCC(=O)O.[NaH].[NaH]. The number of ether oxygens (including phenoxy) is 1. The van der Waals surface area contributed by atoms with Crippen LogP contribution in [-0.4, -0.2) is 82.8 Å². The maximum absolute atomic E-state index is 11.2. The first-order chi connectivity index (χ1) is 12.7. The van der Waals surface area contributed by atoms with Gasteiger partial charge in [-0.1, -0.05) is 103 Å². The Balaban J connectivity index is -0.00000312. The summed E-state index contributed by atoms with van der Waals surface area (Å²) < 4.78 is 5.01. The van der Waals surface area contributed by atoms with E-state index in [-0.39, 0.29) is 72.0 Å². The first kappa shape index (κ1) is 33.6. The van der Waals surface area contributed by atoms with E-state index >= 15 is 0 Å². The molecule has 0 aliphatic rings. The third-order valence-corrected chi connectivity index (χ3v) is 4.80. The zero-order valence-electron chi connectivity index (χ0n) is 17.1. The molecule has 0 amide bonds. The average Bonchev–Trinajstić information content (AvgIpc) is 2.62. The molecule has 28 heavy (non-hydrogen) atoms. The van der Waals surface area contributed by atoms with Crippen LogP contribution in [0.5, 0.6) is 0 Å². The predicted molar refractivity (Wildman–Crippen MR) is 122 cm³/mol. The van der Waals surface area contributed by atoms with Gasteiger partial charge in [-0.05, 0) is 6.42 Å². The summed E-state index contributed by atoms with van der Waals surface area (Å²) in [4.78, 5) is 21.6. The summed E-state index contributed by atoms with van der Waals surface area (Å²) in [5, 5.41) is 8.47. The second kappa shape index (κ2) is 27.9. The van der Waals surface area contributed by atoms with Crippen LogP contribution >= 0.6 is 0 Å². The van der Waals surface area contributed by atoms with E-state index in [1.807, 2.05) is 0 Å². The molecule has 0 aromatic rings. The van der Waals surface area contributed by atoms with Gasteiger partial charge in [0.25, 0.3) is 0 Å². The summed E-state index contributed by atoms with van der Waals surface area (Å²) in [6, 6.07) is 0. The van der Waals surface area contributed by atoms with Gasteiger partial charge >= 0.3 is 71.1 Å². The first-order valence-electron chi connectivity index (χ1n) is 11.0. The Bertz CT molecular complexity index is 338. The van der Waals surface area contributed by atoms with E-state index in [4.69, 9.17) is 9.84 Å². The minimum atomic E-state index is -0.954. The Kier molecular flexibility index (Phi) is 33.5. The number of esters is 1. The third kappa shape index (κ3) is 29.1. The molecule has 158 valence electrons. The van der Waals surface area contributed by atoms with Crippen molar-refractivity contribution in [3.8, 4) is 0 Å². The Labute approximate surface area is 217 Å². The topological polar surface area (TPSA) is 63.6 Å². The molecular formula is C22H44Na2O4. The Morgan fingerprint density at radius 1 is 0.607 bits per heavy atom. The second-order valence-corrected chi connectivity index (χ2v) is 7.42. The van der Waals surface area contributed by atoms with Crippen LogP contribution in [0.4, 0.5) is 0 Å². The fourth-order valence-electron chi connectivity index (χ4n) is 3.12. The summed E-state index contributed by atoms with van der Waals surface area (Å²) in [7, 11) is 0. The van der Waals surface area contributed by atoms with Crippen molar-refractivity contribution in [2.75, 3.05) is 6.61 Å². The summed E-state index contributed by atoms with van der Waals surface area (Å²) in [6.07, 6.45) is 21.0. The van der Waals surface area contributed by atoms with Crippen molar-refractivity contribution >= 4 is 71.1 Å². The Morgan fingerprint density at radius 3 is 1.32 bits per heavy atom. The van der Waals surface area contributed by atoms with E-state index in [9.17, 15) is 9.59 Å². The molecule has 0 aliphatic carbocycles. The molecule has 0 rings (SSSR count). The van der Waals surface area contributed by atoms with Crippen molar-refractivity contribution in [3.63, 3.8) is 0 Å². The van der Waals surface area contributed by atoms with Gasteiger partial charge in [-0.15, -0.1) is 0 Å². The van der Waals surface area contributed by atoms with Crippen LogP contribution in [0, 0.1) is 0 Å². The van der Waals surface area contributed by atoms with Crippen LogP contribution in [0.2, 0.25) is 0 Å². The van der Waals surface area contributed by atoms with E-state index in [0.29, 0.717) is 6.61 Å². The number of carbonyl (C=O) groups is 2. The van der Waals surface area contributed by atoms with Crippen LogP contribution in [0.15, 0.2) is 0 Å². The zero-order valence-corrected chi connectivity index (χ0v) is 17.1. The van der Waals surface area contributed by atoms with Crippen LogP contribution in [0.1, 0.15) is 122 Å². The fraction of sp³-hybridized carbons (Fsp3) is 0.909. The van der Waals surface area contributed by atoms with E-state index in [0.717, 1.165) is 12.8 Å². The maximum atomic E-state index is 11.2. The van der Waals surface area contributed by atoms with E-state index in [2.05, 4.69) is 6.92 Å². The molecule has 0 aromatic heterocycles. The summed E-state index contributed by atoms with van der Waals surface area (Å²) in [5.74, 6) is -1.35. The molecule has 0 bridgehead atoms. The molecule has 0 aromatic carbocycles. The van der Waals surface area contributed by atoms with Crippen molar-refractivity contribution < 1.29 is 19.4 Å². The van der Waals surface area contributed by atoms with E-state index in [1.54, 1.807) is 0 Å². The predicted octanol–water partition coefficient (Wildman–Crippen LogP) is 5.36. The number of carbonyl (C=O) groups excluding carboxylic acids is 1. The van der Waals surface area contributed by atoms with Gasteiger partial charge in [0.05, 0.1) is 19.4 Å². The Hall–Kier alpha value is 0.940. The van der Waals surface area contributed by atoms with Gasteiger partial charge < -0.3 is 9.84 Å². The van der Waals surface area contributed by atoms with Crippen molar-refractivity contribution in [2.45, 2.75) is 122 Å². The molecule has 0 heterocycles. The van der Waals surface area contributed by atoms with Crippen molar-refractivity contribution in [2.24, 2.45) is 0 Å². The number of hydrogen-bond donors (Lipinski definition) is 1. The molecule has 6 heteroatoms. The van der Waals surface area contributed by atoms with Gasteiger partial charge in [0.15, 0.2) is 0 Å². The molecule has 0 aliphatic heterocycles. The standard InChI is InChI=1S/C22H42O4.2Na.2H/c1-2-3-4-5-6-7-8-9-10-11-12-13-14-15-16-17-20-26-22(25)19-18-21(23)24;;;;/h2-20H2,1H3,(H,23,24);;;;. The number of rotatable bonds is 20. The number of aliphatic carboxylic acids is 1. The first-order valence-corrected chi connectivity index (χ1v) is 11.0. The zero-order chi connectivity index (χ0) is 19.3. The van der Waals surface area contributed by atoms with Crippen LogP contribution in [-0.2, 0) is 14.3 Å². The van der Waals surface area contributed by atoms with Crippen LogP contribution < -0.4 is 0 Å². The van der Waals surface area contributed by atoms with Gasteiger partial charge in [0.1, 0.15) is 0 Å². The number of hydrogen-bond acceptors (Lipinski definition) is 3. The molecule has 0 spiro atoms. The normalized spacial score (nSPS) is 10.0. The summed E-state index contributed by atoms with van der Waals surface area (Å²) in [6.45, 7) is 2.70. The summed E-state index contributed by atoms with van der Waals surface area (Å²) >= 11 is 0. The van der Waals surface area contributed by atoms with Gasteiger partial charge in [-0.25, -0.2) is 0 Å².